The van der Waals surface area contributed by atoms with Gasteiger partial charge in [-0.2, -0.15) is 0 Å². The number of aromatic carboxylic acids is 1. The summed E-state index contributed by atoms with van der Waals surface area (Å²) in [6.45, 7) is 0. The van der Waals surface area contributed by atoms with Crippen molar-refractivity contribution in [3.63, 3.8) is 0 Å². The highest BCUT2D eigenvalue weighted by molar-refractivity contribution is 8.00. The van der Waals surface area contributed by atoms with E-state index in [-0.39, 0.29) is 22.9 Å². The molecule has 0 saturated carbocycles. The zero-order chi connectivity index (χ0) is 29.2. The van der Waals surface area contributed by atoms with E-state index in [2.05, 4.69) is 16.0 Å². The molecule has 0 aliphatic rings. The maximum Gasteiger partial charge on any atom is 0.335 e. The van der Waals surface area contributed by atoms with Crippen molar-refractivity contribution in [2.75, 3.05) is 16.4 Å². The second kappa shape index (κ2) is 13.7. The normalized spacial score (nSPS) is 10.9. The van der Waals surface area contributed by atoms with Crippen LogP contribution < -0.4 is 16.0 Å². The van der Waals surface area contributed by atoms with Crippen molar-refractivity contribution >= 4 is 52.9 Å². The summed E-state index contributed by atoms with van der Waals surface area (Å²) in [6.07, 6.45) is 1.45. The van der Waals surface area contributed by atoms with Crippen LogP contribution in [0.4, 0.5) is 15.8 Å². The van der Waals surface area contributed by atoms with E-state index in [9.17, 15) is 23.6 Å². The summed E-state index contributed by atoms with van der Waals surface area (Å²) in [5, 5.41) is 17.1. The Morgan fingerprint density at radius 1 is 0.756 bits per heavy atom. The fourth-order valence-corrected chi connectivity index (χ4v) is 4.33. The van der Waals surface area contributed by atoms with Crippen molar-refractivity contribution in [2.45, 2.75) is 4.90 Å². The molecule has 4 rings (SSSR count). The number of benzene rings is 4. The van der Waals surface area contributed by atoms with Gasteiger partial charge < -0.3 is 21.1 Å². The number of rotatable bonds is 10. The van der Waals surface area contributed by atoms with Gasteiger partial charge in [-0.25, -0.2) is 9.18 Å². The Balaban J connectivity index is 1.42. The summed E-state index contributed by atoms with van der Waals surface area (Å²) < 4.78 is 13.4. The Labute approximate surface area is 239 Å². The molecule has 3 amide bonds. The van der Waals surface area contributed by atoms with Crippen LogP contribution in [0.2, 0.25) is 0 Å². The van der Waals surface area contributed by atoms with Crippen molar-refractivity contribution in [3.8, 4) is 0 Å². The molecule has 0 heterocycles. The second-order valence-corrected chi connectivity index (χ2v) is 9.68. The van der Waals surface area contributed by atoms with E-state index in [0.717, 1.165) is 0 Å². The first kappa shape index (κ1) is 28.8. The molecular formula is C31H24FN3O5S. The Morgan fingerprint density at radius 3 is 2.15 bits per heavy atom. The lowest BCUT2D eigenvalue weighted by molar-refractivity contribution is -0.114. The predicted octanol–water partition coefficient (Wildman–Crippen LogP) is 5.66. The van der Waals surface area contributed by atoms with Gasteiger partial charge in [-0.3, -0.25) is 14.4 Å². The molecule has 0 aliphatic heterocycles. The molecule has 8 nitrogen and oxygen atoms in total. The Morgan fingerprint density at radius 2 is 1.46 bits per heavy atom. The summed E-state index contributed by atoms with van der Waals surface area (Å²) in [5.74, 6) is -2.78. The lowest BCUT2D eigenvalue weighted by Gasteiger charge is -2.12. The fourth-order valence-electron chi connectivity index (χ4n) is 3.57. The van der Waals surface area contributed by atoms with E-state index >= 15 is 0 Å². The Hall–Kier alpha value is -5.22. The summed E-state index contributed by atoms with van der Waals surface area (Å²) in [6, 6.07) is 26.6. The van der Waals surface area contributed by atoms with Crippen LogP contribution in [0.3, 0.4) is 0 Å². The van der Waals surface area contributed by atoms with E-state index in [4.69, 9.17) is 5.11 Å². The largest absolute Gasteiger partial charge is 0.478 e. The van der Waals surface area contributed by atoms with Crippen LogP contribution in [0, 0.1) is 5.82 Å². The van der Waals surface area contributed by atoms with E-state index in [1.165, 1.54) is 66.4 Å². The minimum Gasteiger partial charge on any atom is -0.478 e. The number of hydrogen-bond acceptors (Lipinski definition) is 5. The van der Waals surface area contributed by atoms with Crippen LogP contribution in [0.5, 0.6) is 0 Å². The summed E-state index contributed by atoms with van der Waals surface area (Å²) in [5.41, 5.74) is 1.85. The highest BCUT2D eigenvalue weighted by Crippen LogP contribution is 2.23. The van der Waals surface area contributed by atoms with Crippen molar-refractivity contribution in [3.05, 3.63) is 131 Å². The highest BCUT2D eigenvalue weighted by atomic mass is 32.2. The lowest BCUT2D eigenvalue weighted by Crippen LogP contribution is -2.30. The van der Waals surface area contributed by atoms with E-state index in [1.54, 1.807) is 54.6 Å². The molecular weight excluding hydrogens is 545 g/mol. The molecule has 10 heteroatoms. The Kier molecular flexibility index (Phi) is 9.63. The van der Waals surface area contributed by atoms with Crippen molar-refractivity contribution in [2.24, 2.45) is 0 Å². The molecule has 0 spiro atoms. The number of amides is 3. The summed E-state index contributed by atoms with van der Waals surface area (Å²) >= 11 is 1.24. The first-order valence-corrected chi connectivity index (χ1v) is 13.3. The van der Waals surface area contributed by atoms with Gasteiger partial charge >= 0.3 is 5.97 Å². The van der Waals surface area contributed by atoms with Crippen molar-refractivity contribution in [1.29, 1.82) is 0 Å². The van der Waals surface area contributed by atoms with Gasteiger partial charge in [-0.1, -0.05) is 36.4 Å². The first-order chi connectivity index (χ1) is 19.8. The number of hydrogen-bond donors (Lipinski definition) is 4. The standard InChI is InChI=1S/C31H24FN3O5S/c32-23-13-9-20(10-14-23)17-27(35-29(37)21-5-2-1-3-6-21)30(38)34-25-7-4-8-26(18-25)41-19-28(36)33-24-15-11-22(12-16-24)31(39)40/h1-18H,19H2,(H,33,36)(H,34,38)(H,35,37)(H,39,40)/b27-17-. The number of carbonyl (C=O) groups is 4. The zero-order valence-corrected chi connectivity index (χ0v) is 22.3. The Bertz CT molecular complexity index is 1590. The molecule has 0 saturated heterocycles. The minimum atomic E-state index is -1.05. The smallest absolute Gasteiger partial charge is 0.335 e. The molecule has 0 radical (unpaired) electrons. The van der Waals surface area contributed by atoms with Crippen LogP contribution in [-0.2, 0) is 9.59 Å². The maximum absolute atomic E-state index is 13.4. The minimum absolute atomic E-state index is 0.0446. The molecule has 4 aromatic rings. The number of nitrogens with one attached hydrogen (secondary N) is 3. The van der Waals surface area contributed by atoms with Gasteiger partial charge in [0.25, 0.3) is 11.8 Å². The second-order valence-electron chi connectivity index (χ2n) is 8.63. The third-order valence-electron chi connectivity index (χ3n) is 5.59. The van der Waals surface area contributed by atoms with E-state index < -0.39 is 23.6 Å². The lowest BCUT2D eigenvalue weighted by atomic mass is 10.1. The van der Waals surface area contributed by atoms with Crippen molar-refractivity contribution < 1.29 is 28.7 Å². The van der Waals surface area contributed by atoms with Gasteiger partial charge in [-0.05, 0) is 78.4 Å². The number of anilines is 2. The predicted molar refractivity (Wildman–Crippen MR) is 156 cm³/mol. The molecule has 0 bridgehead atoms. The quantitative estimate of drug-likeness (QED) is 0.144. The molecule has 4 N–H and O–H groups in total. The fraction of sp³-hybridized carbons (Fsp3) is 0.0323. The van der Waals surface area contributed by atoms with Crippen LogP contribution >= 0.6 is 11.8 Å². The van der Waals surface area contributed by atoms with E-state index in [0.29, 0.717) is 27.4 Å². The molecule has 41 heavy (non-hydrogen) atoms. The average Bonchev–Trinajstić information content (AvgIpc) is 2.97. The van der Waals surface area contributed by atoms with Crippen LogP contribution in [-0.4, -0.2) is 34.6 Å². The first-order valence-electron chi connectivity index (χ1n) is 12.3. The molecule has 0 aromatic heterocycles. The number of thioether (sulfide) groups is 1. The number of halogens is 1. The van der Waals surface area contributed by atoms with Gasteiger partial charge in [0.05, 0.1) is 11.3 Å². The molecule has 0 aliphatic carbocycles. The highest BCUT2D eigenvalue weighted by Gasteiger charge is 2.16. The van der Waals surface area contributed by atoms with Gasteiger partial charge in [0.15, 0.2) is 0 Å². The SMILES string of the molecule is O=C(CSc1cccc(NC(=O)/C(=C/c2ccc(F)cc2)NC(=O)c2ccccc2)c1)Nc1ccc(C(=O)O)cc1. The van der Waals surface area contributed by atoms with Crippen LogP contribution in [0.25, 0.3) is 6.08 Å². The number of carboxylic acid groups (broad SMARTS) is 1. The molecule has 0 fully saturated rings. The molecule has 206 valence electrons. The van der Waals surface area contributed by atoms with Crippen molar-refractivity contribution in [1.82, 2.24) is 5.32 Å². The molecule has 4 aromatic carbocycles. The zero-order valence-electron chi connectivity index (χ0n) is 21.5. The van der Waals surface area contributed by atoms with Crippen LogP contribution in [0.15, 0.2) is 114 Å². The number of carbonyl (C=O) groups excluding carboxylic acids is 3. The van der Waals surface area contributed by atoms with E-state index in [1.807, 2.05) is 0 Å². The van der Waals surface area contributed by atoms with Gasteiger partial charge in [0.1, 0.15) is 11.5 Å². The van der Waals surface area contributed by atoms with Crippen LogP contribution in [0.1, 0.15) is 26.3 Å². The molecule has 0 unspecified atom stereocenters. The molecule has 0 atom stereocenters. The van der Waals surface area contributed by atoms with Gasteiger partial charge in [0, 0.05) is 21.8 Å². The summed E-state index contributed by atoms with van der Waals surface area (Å²) in [4.78, 5) is 50.1. The summed E-state index contributed by atoms with van der Waals surface area (Å²) in [7, 11) is 0. The monoisotopic (exact) mass is 569 g/mol. The number of carboxylic acids is 1. The third-order valence-corrected chi connectivity index (χ3v) is 6.58. The average molecular weight is 570 g/mol. The third kappa shape index (κ3) is 8.64. The van der Waals surface area contributed by atoms with Gasteiger partial charge in [-0.15, -0.1) is 11.8 Å². The maximum atomic E-state index is 13.4. The van der Waals surface area contributed by atoms with Gasteiger partial charge in [0.2, 0.25) is 5.91 Å². The topological polar surface area (TPSA) is 125 Å².